The summed E-state index contributed by atoms with van der Waals surface area (Å²) in [5.41, 5.74) is 1.24. The Morgan fingerprint density at radius 3 is 1.54 bits per heavy atom. The van der Waals surface area contributed by atoms with E-state index in [9.17, 15) is 0 Å². The number of hydrogen-bond acceptors (Lipinski definition) is 0. The fraction of sp³-hybridized carbons (Fsp3) is 0.913. The molecule has 0 unspecified atom stereocenters. The SMILES string of the molecule is C=CCB([C@@H]1C[C@@H]2C[C@H]([C@H]1C)C2(C)C)[C@@H]1C[C@H]2C[C@@H]([C@H]1C)C2(C)C. The van der Waals surface area contributed by atoms with E-state index in [1.54, 1.807) is 0 Å². The quantitative estimate of drug-likeness (QED) is 0.393. The van der Waals surface area contributed by atoms with Gasteiger partial charge in [-0.25, -0.2) is 0 Å². The maximum absolute atomic E-state index is 4.16. The van der Waals surface area contributed by atoms with E-state index in [-0.39, 0.29) is 0 Å². The highest BCUT2D eigenvalue weighted by Gasteiger charge is 2.61. The predicted octanol–water partition coefficient (Wildman–Crippen LogP) is 6.81. The Bertz CT molecular complexity index is 476. The molecular weight excluding hydrogens is 287 g/mol. The summed E-state index contributed by atoms with van der Waals surface area (Å²) in [7, 11) is 0. The third-order valence-corrected chi connectivity index (χ3v) is 10.4. The lowest BCUT2D eigenvalue weighted by molar-refractivity contribution is -0.107. The lowest BCUT2D eigenvalue weighted by Crippen LogP contribution is -2.59. The molecule has 6 saturated carbocycles. The van der Waals surface area contributed by atoms with E-state index in [1.807, 2.05) is 0 Å². The van der Waals surface area contributed by atoms with E-state index >= 15 is 0 Å². The van der Waals surface area contributed by atoms with Gasteiger partial charge in [0.1, 0.15) is 0 Å². The molecule has 6 aliphatic carbocycles. The molecule has 0 aromatic rings. The van der Waals surface area contributed by atoms with Crippen LogP contribution in [0, 0.1) is 46.3 Å². The number of rotatable bonds is 4. The van der Waals surface area contributed by atoms with Gasteiger partial charge in [0.05, 0.1) is 0 Å². The van der Waals surface area contributed by atoms with Crippen LogP contribution in [0.15, 0.2) is 12.7 Å². The number of fused-ring (bicyclic) bond motifs is 4. The van der Waals surface area contributed by atoms with Crippen LogP contribution in [0.4, 0.5) is 0 Å². The molecule has 0 aromatic carbocycles. The Kier molecular flexibility index (Phi) is 3.88. The van der Waals surface area contributed by atoms with Crippen molar-refractivity contribution in [2.45, 2.75) is 85.2 Å². The molecule has 8 atom stereocenters. The molecule has 134 valence electrons. The molecule has 6 rings (SSSR count). The van der Waals surface area contributed by atoms with Crippen molar-refractivity contribution in [2.75, 3.05) is 0 Å². The average molecular weight is 326 g/mol. The van der Waals surface area contributed by atoms with Crippen LogP contribution in [0.3, 0.4) is 0 Å². The third kappa shape index (κ3) is 2.11. The molecule has 0 spiro atoms. The van der Waals surface area contributed by atoms with Crippen LogP contribution in [0.5, 0.6) is 0 Å². The largest absolute Gasteiger partial charge is 0.150 e. The summed E-state index contributed by atoms with van der Waals surface area (Å²) in [5, 5.41) is 0. The number of allylic oxidation sites excluding steroid dienone is 1. The first-order valence-corrected chi connectivity index (χ1v) is 10.8. The van der Waals surface area contributed by atoms with Crippen molar-refractivity contribution in [1.29, 1.82) is 0 Å². The standard InChI is InChI=1S/C23H39B/c1-8-9-24(20-12-16-10-18(14(20)2)22(16,4)5)21-13-17-11-19(15(21)3)23(17,6)7/h8,14-21H,1,9-13H2,2-7H3/t14-,15-,16-,17+,18+,19-,20-,21-/m1/s1. The van der Waals surface area contributed by atoms with Gasteiger partial charge in [-0.05, 0) is 59.2 Å². The maximum atomic E-state index is 4.16. The summed E-state index contributed by atoms with van der Waals surface area (Å²) in [6.07, 6.45) is 9.56. The fourth-order valence-corrected chi connectivity index (χ4v) is 8.37. The summed E-state index contributed by atoms with van der Waals surface area (Å²) in [6.45, 7) is 20.4. The van der Waals surface area contributed by atoms with E-state index in [2.05, 4.69) is 54.2 Å². The minimum Gasteiger partial charge on any atom is -0.104 e. The first-order chi connectivity index (χ1) is 11.2. The third-order valence-electron chi connectivity index (χ3n) is 10.4. The van der Waals surface area contributed by atoms with E-state index < -0.39 is 0 Å². The van der Waals surface area contributed by atoms with Gasteiger partial charge >= 0.3 is 0 Å². The van der Waals surface area contributed by atoms with Crippen LogP contribution >= 0.6 is 0 Å². The molecular formula is C23H39B. The van der Waals surface area contributed by atoms with Crippen molar-refractivity contribution < 1.29 is 0 Å². The van der Waals surface area contributed by atoms with Crippen molar-refractivity contribution in [1.82, 2.24) is 0 Å². The zero-order valence-corrected chi connectivity index (χ0v) is 17.0. The minimum atomic E-state index is 0.622. The van der Waals surface area contributed by atoms with Gasteiger partial charge in [0.2, 0.25) is 0 Å². The molecule has 0 radical (unpaired) electrons. The molecule has 0 aromatic heterocycles. The topological polar surface area (TPSA) is 0 Å². The highest BCUT2D eigenvalue weighted by atomic mass is 14.6. The van der Waals surface area contributed by atoms with Gasteiger partial charge in [-0.1, -0.05) is 78.4 Å². The van der Waals surface area contributed by atoms with Crippen molar-refractivity contribution in [3.8, 4) is 0 Å². The molecule has 24 heavy (non-hydrogen) atoms. The number of hydrogen-bond donors (Lipinski definition) is 0. The second kappa shape index (κ2) is 5.40. The van der Waals surface area contributed by atoms with Crippen molar-refractivity contribution >= 4 is 6.71 Å². The van der Waals surface area contributed by atoms with E-state index in [0.29, 0.717) is 10.8 Å². The molecule has 0 heterocycles. The Morgan fingerprint density at radius 2 is 1.25 bits per heavy atom. The first kappa shape index (κ1) is 17.2. The molecule has 0 amide bonds. The maximum Gasteiger partial charge on any atom is 0.150 e. The van der Waals surface area contributed by atoms with Crippen molar-refractivity contribution in [3.63, 3.8) is 0 Å². The highest BCUT2D eigenvalue weighted by Crippen LogP contribution is 2.69. The van der Waals surface area contributed by atoms with Crippen LogP contribution in [0.2, 0.25) is 18.0 Å². The smallest absolute Gasteiger partial charge is 0.104 e. The van der Waals surface area contributed by atoms with Gasteiger partial charge in [-0.3, -0.25) is 0 Å². The summed E-state index contributed by atoms with van der Waals surface area (Å²) < 4.78 is 0. The molecule has 0 nitrogen and oxygen atoms in total. The van der Waals surface area contributed by atoms with Crippen LogP contribution in [-0.2, 0) is 0 Å². The molecule has 0 N–H and O–H groups in total. The van der Waals surface area contributed by atoms with Gasteiger partial charge in [-0.2, -0.15) is 0 Å². The van der Waals surface area contributed by atoms with Crippen LogP contribution in [0.1, 0.15) is 67.2 Å². The van der Waals surface area contributed by atoms with Gasteiger partial charge in [0, 0.05) is 0 Å². The molecule has 6 aliphatic rings. The summed E-state index contributed by atoms with van der Waals surface area (Å²) in [4.78, 5) is 0. The summed E-state index contributed by atoms with van der Waals surface area (Å²) in [6, 6.07) is 0. The lowest BCUT2D eigenvalue weighted by atomic mass is 9.20. The summed E-state index contributed by atoms with van der Waals surface area (Å²) >= 11 is 0. The second-order valence-corrected chi connectivity index (χ2v) is 11.4. The zero-order valence-electron chi connectivity index (χ0n) is 17.0. The van der Waals surface area contributed by atoms with Gasteiger partial charge in [0.25, 0.3) is 0 Å². The van der Waals surface area contributed by atoms with Crippen molar-refractivity contribution in [3.05, 3.63) is 12.7 Å². The Morgan fingerprint density at radius 1 is 0.833 bits per heavy atom. The van der Waals surface area contributed by atoms with E-state index in [0.717, 1.165) is 53.9 Å². The average Bonchev–Trinajstić information content (AvgIpc) is 2.52. The molecule has 1 heteroatoms. The Balaban J connectivity index is 1.55. The molecule has 0 aliphatic heterocycles. The lowest BCUT2D eigenvalue weighted by Gasteiger charge is -2.66. The van der Waals surface area contributed by atoms with Gasteiger partial charge in [-0.15, -0.1) is 6.58 Å². The van der Waals surface area contributed by atoms with Crippen molar-refractivity contribution in [2.24, 2.45) is 46.3 Å². The van der Waals surface area contributed by atoms with Crippen LogP contribution in [-0.4, -0.2) is 6.71 Å². The molecule has 4 bridgehead atoms. The fourth-order valence-electron chi connectivity index (χ4n) is 8.37. The second-order valence-electron chi connectivity index (χ2n) is 11.4. The van der Waals surface area contributed by atoms with Crippen LogP contribution in [0.25, 0.3) is 0 Å². The zero-order chi connectivity index (χ0) is 17.4. The molecule has 6 fully saturated rings. The summed E-state index contributed by atoms with van der Waals surface area (Å²) in [5.74, 6) is 7.75. The monoisotopic (exact) mass is 326 g/mol. The first-order valence-electron chi connectivity index (χ1n) is 10.8. The molecule has 0 saturated heterocycles. The normalized spacial score (nSPS) is 50.4. The predicted molar refractivity (Wildman–Crippen MR) is 107 cm³/mol. The highest BCUT2D eigenvalue weighted by molar-refractivity contribution is 6.62. The van der Waals surface area contributed by atoms with Crippen LogP contribution < -0.4 is 0 Å². The Labute approximate surface area is 151 Å². The van der Waals surface area contributed by atoms with E-state index in [4.69, 9.17) is 0 Å². The van der Waals surface area contributed by atoms with Gasteiger partial charge in [0.15, 0.2) is 6.71 Å². The Hall–Kier alpha value is -0.195. The van der Waals surface area contributed by atoms with Gasteiger partial charge < -0.3 is 0 Å². The minimum absolute atomic E-state index is 0.622. The van der Waals surface area contributed by atoms with E-state index in [1.165, 1.54) is 32.0 Å².